The van der Waals surface area contributed by atoms with Crippen LogP contribution in [0.25, 0.3) is 0 Å². The maximum Gasteiger partial charge on any atom is 0.188 e. The first-order valence-electron chi connectivity index (χ1n) is 5.74. The van der Waals surface area contributed by atoms with Gasteiger partial charge in [0.25, 0.3) is 0 Å². The van der Waals surface area contributed by atoms with Gasteiger partial charge in [-0.1, -0.05) is 29.8 Å². The Balaban J connectivity index is 2.62. The predicted molar refractivity (Wildman–Crippen MR) is 73.2 cm³/mol. The van der Waals surface area contributed by atoms with E-state index in [0.29, 0.717) is 5.92 Å². The highest BCUT2D eigenvalue weighted by atomic mass is 79.9. The zero-order valence-electron chi connectivity index (χ0n) is 10.6. The Morgan fingerprint density at radius 1 is 1.35 bits per heavy atom. The van der Waals surface area contributed by atoms with Crippen molar-refractivity contribution in [1.82, 2.24) is 5.32 Å². The van der Waals surface area contributed by atoms with Gasteiger partial charge in [0.15, 0.2) is 6.79 Å². The van der Waals surface area contributed by atoms with Gasteiger partial charge in [-0.3, -0.25) is 0 Å². The molecule has 0 fully saturated rings. The summed E-state index contributed by atoms with van der Waals surface area (Å²) < 4.78 is 11.5. The minimum atomic E-state index is 0.277. The SMILES string of the molecule is COCOc1ccc(Br)cc1CNCC(C)C. The second kappa shape index (κ2) is 7.69. The summed E-state index contributed by atoms with van der Waals surface area (Å²) in [4.78, 5) is 0. The van der Waals surface area contributed by atoms with E-state index in [1.165, 1.54) is 0 Å². The molecular formula is C13H20BrNO2. The first kappa shape index (κ1) is 14.5. The van der Waals surface area contributed by atoms with Crippen LogP contribution in [0, 0.1) is 5.92 Å². The Bertz CT molecular complexity index is 342. The Morgan fingerprint density at radius 2 is 2.12 bits per heavy atom. The summed E-state index contributed by atoms with van der Waals surface area (Å²) in [6, 6.07) is 5.99. The summed E-state index contributed by atoms with van der Waals surface area (Å²) in [6.07, 6.45) is 0. The molecule has 17 heavy (non-hydrogen) atoms. The van der Waals surface area contributed by atoms with Gasteiger partial charge in [-0.2, -0.15) is 0 Å². The van der Waals surface area contributed by atoms with Crippen LogP contribution in [0.3, 0.4) is 0 Å². The van der Waals surface area contributed by atoms with Crippen molar-refractivity contribution in [2.75, 3.05) is 20.4 Å². The molecule has 1 N–H and O–H groups in total. The summed E-state index contributed by atoms with van der Waals surface area (Å²) in [6.45, 7) is 6.46. The van der Waals surface area contributed by atoms with E-state index in [2.05, 4.69) is 41.2 Å². The van der Waals surface area contributed by atoms with E-state index in [1.807, 2.05) is 12.1 Å². The molecule has 1 aromatic carbocycles. The van der Waals surface area contributed by atoms with Gasteiger partial charge >= 0.3 is 0 Å². The van der Waals surface area contributed by atoms with Gasteiger partial charge in [-0.25, -0.2) is 0 Å². The predicted octanol–water partition coefficient (Wildman–Crippen LogP) is 3.18. The number of ether oxygens (including phenoxy) is 2. The van der Waals surface area contributed by atoms with Crippen LogP contribution >= 0.6 is 15.9 Å². The molecule has 0 aliphatic heterocycles. The van der Waals surface area contributed by atoms with Crippen LogP contribution in [0.5, 0.6) is 5.75 Å². The Kier molecular flexibility index (Phi) is 6.55. The number of methoxy groups -OCH3 is 1. The maximum atomic E-state index is 5.52. The summed E-state index contributed by atoms with van der Waals surface area (Å²) in [5.74, 6) is 1.51. The standard InChI is InChI=1S/C13H20BrNO2/c1-10(2)7-15-8-11-6-12(14)4-5-13(11)17-9-16-3/h4-6,10,15H,7-9H2,1-3H3. The van der Waals surface area contributed by atoms with Gasteiger partial charge in [0, 0.05) is 23.7 Å². The molecule has 0 amide bonds. The largest absolute Gasteiger partial charge is 0.467 e. The summed E-state index contributed by atoms with van der Waals surface area (Å²) in [5, 5.41) is 3.40. The van der Waals surface area contributed by atoms with E-state index in [0.717, 1.165) is 28.9 Å². The number of benzene rings is 1. The van der Waals surface area contributed by atoms with E-state index >= 15 is 0 Å². The lowest BCUT2D eigenvalue weighted by molar-refractivity contribution is 0.0503. The van der Waals surface area contributed by atoms with Crippen molar-refractivity contribution >= 4 is 15.9 Å². The smallest absolute Gasteiger partial charge is 0.188 e. The number of nitrogens with one attached hydrogen (secondary N) is 1. The average Bonchev–Trinajstić information content (AvgIpc) is 2.27. The summed E-state index contributed by atoms with van der Waals surface area (Å²) >= 11 is 3.47. The third kappa shape index (κ3) is 5.52. The lowest BCUT2D eigenvalue weighted by Gasteiger charge is -2.13. The molecule has 0 saturated heterocycles. The molecule has 0 atom stereocenters. The Morgan fingerprint density at radius 3 is 2.76 bits per heavy atom. The van der Waals surface area contributed by atoms with E-state index in [9.17, 15) is 0 Å². The normalized spacial score (nSPS) is 10.9. The van der Waals surface area contributed by atoms with Crippen LogP contribution in [0.1, 0.15) is 19.4 Å². The minimum Gasteiger partial charge on any atom is -0.467 e. The van der Waals surface area contributed by atoms with Crippen LogP contribution < -0.4 is 10.1 Å². The van der Waals surface area contributed by atoms with Crippen molar-refractivity contribution in [2.24, 2.45) is 5.92 Å². The lowest BCUT2D eigenvalue weighted by Crippen LogP contribution is -2.19. The van der Waals surface area contributed by atoms with Crippen LogP contribution in [-0.2, 0) is 11.3 Å². The fourth-order valence-corrected chi connectivity index (χ4v) is 1.85. The quantitative estimate of drug-likeness (QED) is 0.785. The molecule has 0 heterocycles. The van der Waals surface area contributed by atoms with E-state index in [4.69, 9.17) is 9.47 Å². The van der Waals surface area contributed by atoms with Crippen molar-refractivity contribution in [2.45, 2.75) is 20.4 Å². The van der Waals surface area contributed by atoms with E-state index < -0.39 is 0 Å². The molecule has 0 saturated carbocycles. The highest BCUT2D eigenvalue weighted by molar-refractivity contribution is 9.10. The van der Waals surface area contributed by atoms with Crippen LogP contribution in [0.15, 0.2) is 22.7 Å². The van der Waals surface area contributed by atoms with Gasteiger partial charge in [0.1, 0.15) is 5.75 Å². The van der Waals surface area contributed by atoms with Gasteiger partial charge < -0.3 is 14.8 Å². The molecule has 1 aromatic rings. The second-order valence-electron chi connectivity index (χ2n) is 4.33. The molecule has 0 unspecified atom stereocenters. The molecule has 0 aliphatic carbocycles. The van der Waals surface area contributed by atoms with Crippen molar-refractivity contribution in [3.05, 3.63) is 28.2 Å². The van der Waals surface area contributed by atoms with Crippen LogP contribution in [-0.4, -0.2) is 20.4 Å². The van der Waals surface area contributed by atoms with E-state index in [-0.39, 0.29) is 6.79 Å². The molecular weight excluding hydrogens is 282 g/mol. The van der Waals surface area contributed by atoms with Gasteiger partial charge in [-0.15, -0.1) is 0 Å². The Hall–Kier alpha value is -0.580. The average molecular weight is 302 g/mol. The lowest BCUT2D eigenvalue weighted by atomic mass is 10.2. The highest BCUT2D eigenvalue weighted by Gasteiger charge is 2.05. The van der Waals surface area contributed by atoms with Crippen LogP contribution in [0.4, 0.5) is 0 Å². The number of rotatable bonds is 7. The molecule has 1 rings (SSSR count). The molecule has 0 aliphatic rings. The first-order valence-corrected chi connectivity index (χ1v) is 6.53. The monoisotopic (exact) mass is 301 g/mol. The highest BCUT2D eigenvalue weighted by Crippen LogP contribution is 2.23. The van der Waals surface area contributed by atoms with Gasteiger partial charge in [-0.05, 0) is 30.7 Å². The summed E-state index contributed by atoms with van der Waals surface area (Å²) in [5.41, 5.74) is 1.14. The van der Waals surface area contributed by atoms with Crippen molar-refractivity contribution in [3.8, 4) is 5.75 Å². The second-order valence-corrected chi connectivity index (χ2v) is 5.24. The first-order chi connectivity index (χ1) is 8.13. The number of halogens is 1. The molecule has 0 spiro atoms. The zero-order chi connectivity index (χ0) is 12.7. The molecule has 3 nitrogen and oxygen atoms in total. The van der Waals surface area contributed by atoms with Gasteiger partial charge in [0.2, 0.25) is 0 Å². The topological polar surface area (TPSA) is 30.5 Å². The zero-order valence-corrected chi connectivity index (χ0v) is 12.2. The van der Waals surface area contributed by atoms with Gasteiger partial charge in [0.05, 0.1) is 0 Å². The van der Waals surface area contributed by atoms with Crippen LogP contribution in [0.2, 0.25) is 0 Å². The molecule has 0 radical (unpaired) electrons. The fraction of sp³-hybridized carbons (Fsp3) is 0.538. The van der Waals surface area contributed by atoms with Crippen molar-refractivity contribution in [1.29, 1.82) is 0 Å². The third-order valence-corrected chi connectivity index (χ3v) is 2.72. The van der Waals surface area contributed by atoms with Crippen molar-refractivity contribution < 1.29 is 9.47 Å². The van der Waals surface area contributed by atoms with Crippen molar-refractivity contribution in [3.63, 3.8) is 0 Å². The fourth-order valence-electron chi connectivity index (χ4n) is 1.44. The molecule has 96 valence electrons. The number of hydrogen-bond donors (Lipinski definition) is 1. The minimum absolute atomic E-state index is 0.277. The Labute approximate surface area is 112 Å². The molecule has 4 heteroatoms. The molecule has 0 aromatic heterocycles. The summed E-state index contributed by atoms with van der Waals surface area (Å²) in [7, 11) is 1.62. The maximum absolute atomic E-state index is 5.52. The van der Waals surface area contributed by atoms with E-state index in [1.54, 1.807) is 7.11 Å². The molecule has 0 bridgehead atoms. The third-order valence-electron chi connectivity index (χ3n) is 2.22. The number of hydrogen-bond acceptors (Lipinski definition) is 3.